The smallest absolute Gasteiger partial charge is 0.123 e. The number of methoxy groups -OCH3 is 1. The lowest BCUT2D eigenvalue weighted by Gasteiger charge is -2.02. The number of hydrogen-bond donors (Lipinski definition) is 1. The maximum absolute atomic E-state index is 9.63. The Labute approximate surface area is 125 Å². The minimum absolute atomic E-state index is 0.224. The van der Waals surface area contributed by atoms with E-state index in [2.05, 4.69) is 36.4 Å². The predicted octanol–water partition coefficient (Wildman–Crippen LogP) is 4.44. The second-order valence-corrected chi connectivity index (χ2v) is 5.25. The molecule has 21 heavy (non-hydrogen) atoms. The number of aromatic hydroxyl groups is 1. The lowest BCUT2D eigenvalue weighted by atomic mass is 10.1. The van der Waals surface area contributed by atoms with Crippen molar-refractivity contribution in [1.82, 2.24) is 0 Å². The monoisotopic (exact) mass is 278 g/mol. The van der Waals surface area contributed by atoms with E-state index in [0.717, 1.165) is 18.4 Å². The minimum atomic E-state index is 0.224. The first-order chi connectivity index (χ1) is 10.2. The Bertz CT molecular complexity index is 711. The van der Waals surface area contributed by atoms with E-state index >= 15 is 0 Å². The van der Waals surface area contributed by atoms with E-state index in [0.29, 0.717) is 5.75 Å². The van der Waals surface area contributed by atoms with Crippen LogP contribution >= 0.6 is 0 Å². The average molecular weight is 278 g/mol. The summed E-state index contributed by atoms with van der Waals surface area (Å²) in [5, 5.41) is 9.63. The van der Waals surface area contributed by atoms with Crippen molar-refractivity contribution in [3.8, 4) is 11.5 Å². The molecule has 0 heterocycles. The Kier molecular flexibility index (Phi) is 3.78. The summed E-state index contributed by atoms with van der Waals surface area (Å²) in [6.45, 7) is 0. The van der Waals surface area contributed by atoms with Gasteiger partial charge in [0.05, 0.1) is 7.11 Å². The molecule has 2 nitrogen and oxygen atoms in total. The Morgan fingerprint density at radius 1 is 1.19 bits per heavy atom. The maximum Gasteiger partial charge on any atom is 0.123 e. The third-order valence-electron chi connectivity index (χ3n) is 3.67. The molecule has 0 spiro atoms. The number of phenolic OH excluding ortho intramolecular Hbond substituents is 1. The highest BCUT2D eigenvalue weighted by Crippen LogP contribution is 2.27. The molecular formula is C19H18O2. The summed E-state index contributed by atoms with van der Waals surface area (Å²) in [4.78, 5) is 0. The van der Waals surface area contributed by atoms with Gasteiger partial charge in [0.2, 0.25) is 0 Å². The Morgan fingerprint density at radius 3 is 2.86 bits per heavy atom. The van der Waals surface area contributed by atoms with Crippen LogP contribution in [-0.4, -0.2) is 12.2 Å². The first-order valence-corrected chi connectivity index (χ1v) is 7.06. The summed E-state index contributed by atoms with van der Waals surface area (Å²) in [6, 6.07) is 13.8. The van der Waals surface area contributed by atoms with Crippen LogP contribution in [-0.2, 0) is 6.42 Å². The molecule has 0 saturated heterocycles. The number of fused-ring (bicyclic) bond motifs is 1. The van der Waals surface area contributed by atoms with Gasteiger partial charge in [-0.1, -0.05) is 48.1 Å². The van der Waals surface area contributed by atoms with Crippen molar-refractivity contribution < 1.29 is 9.84 Å². The number of rotatable bonds is 4. The van der Waals surface area contributed by atoms with E-state index in [-0.39, 0.29) is 5.75 Å². The second-order valence-electron chi connectivity index (χ2n) is 5.25. The molecule has 0 saturated carbocycles. The maximum atomic E-state index is 9.63. The van der Waals surface area contributed by atoms with E-state index in [1.54, 1.807) is 19.2 Å². The van der Waals surface area contributed by atoms with Gasteiger partial charge in [-0.2, -0.15) is 0 Å². The molecule has 0 unspecified atom stereocenters. The summed E-state index contributed by atoms with van der Waals surface area (Å²) in [7, 11) is 1.60. The summed E-state index contributed by atoms with van der Waals surface area (Å²) < 4.78 is 5.15. The molecule has 0 aromatic heterocycles. The van der Waals surface area contributed by atoms with Crippen molar-refractivity contribution in [2.75, 3.05) is 7.11 Å². The van der Waals surface area contributed by atoms with Gasteiger partial charge >= 0.3 is 0 Å². The standard InChI is InChI=1S/C19H18O2/c1-21-19-12-15(11-18(20)13-19)6-4-5-14-9-16-7-2-3-8-17(16)10-14/h2-4,6-9,11-13,20H,5,10H2,1H3/b6-4+. The number of benzene rings is 2. The van der Waals surface area contributed by atoms with Gasteiger partial charge in [-0.3, -0.25) is 0 Å². The molecule has 0 atom stereocenters. The van der Waals surface area contributed by atoms with Crippen LogP contribution in [0.4, 0.5) is 0 Å². The number of hydrogen-bond acceptors (Lipinski definition) is 2. The van der Waals surface area contributed by atoms with E-state index in [4.69, 9.17) is 4.74 Å². The van der Waals surface area contributed by atoms with Crippen molar-refractivity contribution in [1.29, 1.82) is 0 Å². The van der Waals surface area contributed by atoms with Crippen LogP contribution in [0.2, 0.25) is 0 Å². The fourth-order valence-electron chi connectivity index (χ4n) is 2.65. The molecule has 2 aromatic carbocycles. The highest BCUT2D eigenvalue weighted by Gasteiger charge is 2.10. The van der Waals surface area contributed by atoms with Crippen LogP contribution in [0.1, 0.15) is 23.1 Å². The van der Waals surface area contributed by atoms with Gasteiger partial charge in [-0.05, 0) is 41.7 Å². The molecule has 0 aliphatic heterocycles. The van der Waals surface area contributed by atoms with Crippen molar-refractivity contribution in [2.24, 2.45) is 0 Å². The third-order valence-corrected chi connectivity index (χ3v) is 3.67. The zero-order valence-electron chi connectivity index (χ0n) is 12.0. The average Bonchev–Trinajstić information content (AvgIpc) is 2.89. The van der Waals surface area contributed by atoms with Crippen LogP contribution in [0, 0.1) is 0 Å². The zero-order chi connectivity index (χ0) is 14.7. The van der Waals surface area contributed by atoms with Gasteiger partial charge in [0.1, 0.15) is 11.5 Å². The van der Waals surface area contributed by atoms with Gasteiger partial charge in [0.25, 0.3) is 0 Å². The van der Waals surface area contributed by atoms with Gasteiger partial charge < -0.3 is 9.84 Å². The Balaban J connectivity index is 1.68. The van der Waals surface area contributed by atoms with Crippen molar-refractivity contribution in [2.45, 2.75) is 12.8 Å². The highest BCUT2D eigenvalue weighted by atomic mass is 16.5. The van der Waals surface area contributed by atoms with Crippen LogP contribution in [0.15, 0.2) is 54.1 Å². The van der Waals surface area contributed by atoms with Gasteiger partial charge in [-0.25, -0.2) is 0 Å². The van der Waals surface area contributed by atoms with Crippen LogP contribution < -0.4 is 4.74 Å². The molecular weight excluding hydrogens is 260 g/mol. The van der Waals surface area contributed by atoms with Crippen LogP contribution in [0.3, 0.4) is 0 Å². The highest BCUT2D eigenvalue weighted by molar-refractivity contribution is 5.64. The number of ether oxygens (including phenoxy) is 1. The first-order valence-electron chi connectivity index (χ1n) is 7.06. The zero-order valence-corrected chi connectivity index (χ0v) is 12.0. The second kappa shape index (κ2) is 5.88. The predicted molar refractivity (Wildman–Crippen MR) is 86.4 cm³/mol. The molecule has 2 aromatic rings. The van der Waals surface area contributed by atoms with Crippen molar-refractivity contribution in [3.05, 3.63) is 70.8 Å². The largest absolute Gasteiger partial charge is 0.508 e. The summed E-state index contributed by atoms with van der Waals surface area (Å²) in [5.41, 5.74) is 5.10. The van der Waals surface area contributed by atoms with E-state index in [1.165, 1.54) is 16.7 Å². The molecule has 1 N–H and O–H groups in total. The molecule has 1 aliphatic carbocycles. The van der Waals surface area contributed by atoms with E-state index < -0.39 is 0 Å². The number of phenols is 1. The summed E-state index contributed by atoms with van der Waals surface area (Å²) in [6.07, 6.45) is 8.37. The minimum Gasteiger partial charge on any atom is -0.508 e. The molecule has 106 valence electrons. The topological polar surface area (TPSA) is 29.5 Å². The van der Waals surface area contributed by atoms with Crippen molar-refractivity contribution >= 4 is 12.2 Å². The summed E-state index contributed by atoms with van der Waals surface area (Å²) >= 11 is 0. The lowest BCUT2D eigenvalue weighted by Crippen LogP contribution is -1.84. The quantitative estimate of drug-likeness (QED) is 0.895. The molecule has 3 rings (SSSR count). The van der Waals surface area contributed by atoms with Gasteiger partial charge in [-0.15, -0.1) is 0 Å². The SMILES string of the molecule is COc1cc(O)cc(/C=C/CC2=Cc3ccccc3C2)c1. The molecule has 0 fully saturated rings. The first kappa shape index (κ1) is 13.5. The lowest BCUT2D eigenvalue weighted by molar-refractivity contribution is 0.407. The Hall–Kier alpha value is -2.48. The summed E-state index contributed by atoms with van der Waals surface area (Å²) in [5.74, 6) is 0.892. The van der Waals surface area contributed by atoms with Gasteiger partial charge in [0.15, 0.2) is 0 Å². The van der Waals surface area contributed by atoms with E-state index in [1.807, 2.05) is 12.1 Å². The van der Waals surface area contributed by atoms with Gasteiger partial charge in [0, 0.05) is 6.07 Å². The number of allylic oxidation sites excluding steroid dienone is 2. The molecule has 0 bridgehead atoms. The molecule has 0 amide bonds. The fourth-order valence-corrected chi connectivity index (χ4v) is 2.65. The van der Waals surface area contributed by atoms with Crippen molar-refractivity contribution in [3.63, 3.8) is 0 Å². The van der Waals surface area contributed by atoms with E-state index in [9.17, 15) is 5.11 Å². The molecule has 2 heteroatoms. The molecule has 1 aliphatic rings. The fraction of sp³-hybridized carbons (Fsp3) is 0.158. The van der Waals surface area contributed by atoms with Crippen LogP contribution in [0.25, 0.3) is 12.2 Å². The third kappa shape index (κ3) is 3.16. The Morgan fingerprint density at radius 2 is 2.05 bits per heavy atom. The molecule has 0 radical (unpaired) electrons. The van der Waals surface area contributed by atoms with Crippen LogP contribution in [0.5, 0.6) is 11.5 Å². The normalized spacial score (nSPS) is 13.3.